The molecule has 0 aliphatic rings. The highest BCUT2D eigenvalue weighted by atomic mass is 35.5. The summed E-state index contributed by atoms with van der Waals surface area (Å²) < 4.78 is 13.9. The van der Waals surface area contributed by atoms with Gasteiger partial charge in [0.1, 0.15) is 5.82 Å². The maximum Gasteiger partial charge on any atom is 0.269 e. The fraction of sp³-hybridized carbons (Fsp3) is 0.235. The number of anilines is 1. The van der Waals surface area contributed by atoms with Gasteiger partial charge in [-0.05, 0) is 38.2 Å². The number of rotatable bonds is 6. The highest BCUT2D eigenvalue weighted by molar-refractivity contribution is 6.31. The van der Waals surface area contributed by atoms with Gasteiger partial charge in [-0.3, -0.25) is 19.8 Å². The molecule has 0 saturated carbocycles. The number of hydrogen-bond donors (Lipinski definition) is 1. The molecule has 0 heterocycles. The second-order valence-electron chi connectivity index (χ2n) is 5.58. The molecule has 0 spiro atoms. The largest absolute Gasteiger partial charge is 0.325 e. The molecule has 0 bridgehead atoms. The molecule has 0 aliphatic heterocycles. The van der Waals surface area contributed by atoms with Crippen LogP contribution in [0.15, 0.2) is 42.5 Å². The summed E-state index contributed by atoms with van der Waals surface area (Å²) in [6, 6.07) is 9.39. The van der Waals surface area contributed by atoms with Gasteiger partial charge in [-0.25, -0.2) is 4.39 Å². The van der Waals surface area contributed by atoms with Crippen molar-refractivity contribution in [3.63, 3.8) is 0 Å². The minimum Gasteiger partial charge on any atom is -0.325 e. The fourth-order valence-electron chi connectivity index (χ4n) is 2.18. The van der Waals surface area contributed by atoms with Crippen molar-refractivity contribution >= 4 is 28.9 Å². The van der Waals surface area contributed by atoms with Crippen molar-refractivity contribution in [3.05, 3.63) is 69.0 Å². The number of halogens is 2. The molecule has 0 aromatic heterocycles. The summed E-state index contributed by atoms with van der Waals surface area (Å²) in [6.45, 7) is 1.84. The summed E-state index contributed by atoms with van der Waals surface area (Å²) in [4.78, 5) is 24.1. The lowest BCUT2D eigenvalue weighted by Crippen LogP contribution is -2.39. The van der Waals surface area contributed by atoms with E-state index in [4.69, 9.17) is 11.6 Å². The van der Waals surface area contributed by atoms with Gasteiger partial charge in [0.25, 0.3) is 5.69 Å². The molecule has 6 nitrogen and oxygen atoms in total. The maximum atomic E-state index is 13.9. The van der Waals surface area contributed by atoms with E-state index >= 15 is 0 Å². The number of hydrogen-bond acceptors (Lipinski definition) is 4. The standard InChI is InChI=1S/C17H17ClFN3O3/c1-11(21(2)10-14-15(18)4-3-5-16(14)19)17(23)20-12-6-8-13(9-7-12)22(24)25/h3-9,11H,10H2,1-2H3,(H,20,23). The van der Waals surface area contributed by atoms with Crippen molar-refractivity contribution < 1.29 is 14.1 Å². The molecule has 1 unspecified atom stereocenters. The fourth-order valence-corrected chi connectivity index (χ4v) is 2.41. The summed E-state index contributed by atoms with van der Waals surface area (Å²) in [6.07, 6.45) is 0. The molecule has 2 aromatic rings. The van der Waals surface area contributed by atoms with E-state index in [2.05, 4.69) is 5.32 Å². The molecule has 0 fully saturated rings. The first-order valence-corrected chi connectivity index (χ1v) is 7.86. The molecule has 25 heavy (non-hydrogen) atoms. The van der Waals surface area contributed by atoms with Crippen molar-refractivity contribution in [2.45, 2.75) is 19.5 Å². The van der Waals surface area contributed by atoms with Crippen LogP contribution in [0.25, 0.3) is 0 Å². The van der Waals surface area contributed by atoms with Crippen LogP contribution in [0.4, 0.5) is 15.8 Å². The van der Waals surface area contributed by atoms with Gasteiger partial charge in [-0.2, -0.15) is 0 Å². The predicted octanol–water partition coefficient (Wildman–Crippen LogP) is 3.85. The van der Waals surface area contributed by atoms with Gasteiger partial charge >= 0.3 is 0 Å². The molecule has 1 N–H and O–H groups in total. The monoisotopic (exact) mass is 365 g/mol. The average molecular weight is 366 g/mol. The van der Waals surface area contributed by atoms with Gasteiger partial charge in [-0.15, -0.1) is 0 Å². The number of amides is 1. The Hall–Kier alpha value is -2.51. The van der Waals surface area contributed by atoms with E-state index in [0.717, 1.165) is 0 Å². The van der Waals surface area contributed by atoms with E-state index in [9.17, 15) is 19.3 Å². The van der Waals surface area contributed by atoms with Crippen molar-refractivity contribution in [2.75, 3.05) is 12.4 Å². The Morgan fingerprint density at radius 2 is 1.96 bits per heavy atom. The summed E-state index contributed by atoms with van der Waals surface area (Å²) >= 11 is 6.01. The van der Waals surface area contributed by atoms with Gasteiger partial charge in [-0.1, -0.05) is 17.7 Å². The van der Waals surface area contributed by atoms with Crippen LogP contribution in [0.1, 0.15) is 12.5 Å². The molecule has 1 atom stereocenters. The zero-order valence-electron chi connectivity index (χ0n) is 13.7. The number of likely N-dealkylation sites (N-methyl/N-ethyl adjacent to an activating group) is 1. The average Bonchev–Trinajstić information content (AvgIpc) is 2.57. The third-order valence-corrected chi connectivity index (χ3v) is 4.21. The number of nitrogens with zero attached hydrogens (tertiary/aromatic N) is 2. The number of benzene rings is 2. The van der Waals surface area contributed by atoms with Gasteiger partial charge in [0.2, 0.25) is 5.91 Å². The van der Waals surface area contributed by atoms with Gasteiger partial charge < -0.3 is 5.32 Å². The number of non-ortho nitro benzene ring substituents is 1. The van der Waals surface area contributed by atoms with E-state index in [1.54, 1.807) is 24.9 Å². The van der Waals surface area contributed by atoms with Crippen LogP contribution in [0.3, 0.4) is 0 Å². The van der Waals surface area contributed by atoms with Crippen LogP contribution in [0.2, 0.25) is 5.02 Å². The van der Waals surface area contributed by atoms with Crippen LogP contribution < -0.4 is 5.32 Å². The summed E-state index contributed by atoms with van der Waals surface area (Å²) in [5.41, 5.74) is 0.707. The second-order valence-corrected chi connectivity index (χ2v) is 5.99. The van der Waals surface area contributed by atoms with Crippen LogP contribution in [0, 0.1) is 15.9 Å². The number of nitrogens with one attached hydrogen (secondary N) is 1. The predicted molar refractivity (Wildman–Crippen MR) is 94.1 cm³/mol. The molecular formula is C17H17ClFN3O3. The number of carbonyl (C=O) groups is 1. The van der Waals surface area contributed by atoms with E-state index < -0.39 is 16.8 Å². The Morgan fingerprint density at radius 1 is 1.32 bits per heavy atom. The van der Waals surface area contributed by atoms with E-state index in [-0.39, 0.29) is 18.1 Å². The Labute approximate surface area is 149 Å². The Balaban J connectivity index is 2.02. The van der Waals surface area contributed by atoms with Crippen LogP contribution >= 0.6 is 11.6 Å². The normalized spacial score (nSPS) is 12.0. The lowest BCUT2D eigenvalue weighted by Gasteiger charge is -2.24. The Bertz CT molecular complexity index is 763. The molecule has 0 saturated heterocycles. The zero-order valence-corrected chi connectivity index (χ0v) is 14.5. The smallest absolute Gasteiger partial charge is 0.269 e. The van der Waals surface area contributed by atoms with Crippen molar-refractivity contribution in [1.29, 1.82) is 0 Å². The number of carbonyl (C=O) groups excluding carboxylic acids is 1. The lowest BCUT2D eigenvalue weighted by atomic mass is 10.1. The second kappa shape index (κ2) is 8.04. The van der Waals surface area contributed by atoms with Crippen LogP contribution in [0.5, 0.6) is 0 Å². The summed E-state index contributed by atoms with van der Waals surface area (Å²) in [5, 5.41) is 13.6. The third kappa shape index (κ3) is 4.74. The third-order valence-electron chi connectivity index (χ3n) is 3.86. The topological polar surface area (TPSA) is 75.5 Å². The molecular weight excluding hydrogens is 349 g/mol. The quantitative estimate of drug-likeness (QED) is 0.623. The van der Waals surface area contributed by atoms with Gasteiger partial charge in [0, 0.05) is 35.0 Å². The van der Waals surface area contributed by atoms with Crippen molar-refractivity contribution in [2.24, 2.45) is 0 Å². The molecule has 1 amide bonds. The van der Waals surface area contributed by atoms with Crippen molar-refractivity contribution in [1.82, 2.24) is 4.90 Å². The molecule has 132 valence electrons. The van der Waals surface area contributed by atoms with E-state index in [1.165, 1.54) is 36.4 Å². The number of nitro benzene ring substituents is 1. The highest BCUT2D eigenvalue weighted by Gasteiger charge is 2.20. The van der Waals surface area contributed by atoms with Crippen molar-refractivity contribution in [3.8, 4) is 0 Å². The molecule has 0 radical (unpaired) electrons. The minimum absolute atomic E-state index is 0.0580. The first kappa shape index (κ1) is 18.8. The zero-order chi connectivity index (χ0) is 18.6. The first-order valence-electron chi connectivity index (χ1n) is 7.48. The van der Waals surface area contributed by atoms with Crippen LogP contribution in [-0.4, -0.2) is 28.8 Å². The van der Waals surface area contributed by atoms with E-state index in [0.29, 0.717) is 16.3 Å². The Kier molecular flexibility index (Phi) is 6.06. The SMILES string of the molecule is CC(C(=O)Nc1ccc([N+](=O)[O-])cc1)N(C)Cc1c(F)cccc1Cl. The molecule has 2 aromatic carbocycles. The summed E-state index contributed by atoms with van der Waals surface area (Å²) in [7, 11) is 1.68. The molecule has 0 aliphatic carbocycles. The molecule has 2 rings (SSSR count). The number of nitro groups is 1. The molecule has 8 heteroatoms. The maximum absolute atomic E-state index is 13.9. The first-order chi connectivity index (χ1) is 11.8. The minimum atomic E-state index is -0.564. The Morgan fingerprint density at radius 3 is 2.52 bits per heavy atom. The van der Waals surface area contributed by atoms with Gasteiger partial charge in [0.15, 0.2) is 0 Å². The lowest BCUT2D eigenvalue weighted by molar-refractivity contribution is -0.384. The summed E-state index contributed by atoms with van der Waals surface area (Å²) in [5.74, 6) is -0.744. The van der Waals surface area contributed by atoms with E-state index in [1.807, 2.05) is 0 Å². The van der Waals surface area contributed by atoms with Crippen LogP contribution in [-0.2, 0) is 11.3 Å². The van der Waals surface area contributed by atoms with Gasteiger partial charge in [0.05, 0.1) is 11.0 Å². The highest BCUT2D eigenvalue weighted by Crippen LogP contribution is 2.21.